The number of hydrogen-bond donors (Lipinski definition) is 1. The third kappa shape index (κ3) is 4.32. The van der Waals surface area contributed by atoms with Crippen molar-refractivity contribution in [2.75, 3.05) is 0 Å². The van der Waals surface area contributed by atoms with Crippen molar-refractivity contribution in [1.82, 2.24) is 10.5 Å². The van der Waals surface area contributed by atoms with Crippen molar-refractivity contribution in [3.63, 3.8) is 0 Å². The van der Waals surface area contributed by atoms with Crippen LogP contribution in [0.15, 0.2) is 24.3 Å². The molecule has 0 fully saturated rings. The molecule has 0 aromatic heterocycles. The van der Waals surface area contributed by atoms with Crippen LogP contribution in [0.4, 0.5) is 4.79 Å². The van der Waals surface area contributed by atoms with Gasteiger partial charge >= 0.3 is 12.1 Å². The van der Waals surface area contributed by atoms with Crippen LogP contribution in [0.3, 0.4) is 0 Å². The Bertz CT molecular complexity index is 688. The second-order valence-electron chi connectivity index (χ2n) is 6.22. The van der Waals surface area contributed by atoms with E-state index < -0.39 is 35.6 Å². The molecule has 1 atom stereocenters. The summed E-state index contributed by atoms with van der Waals surface area (Å²) in [6, 6.07) is 6.08. The summed E-state index contributed by atoms with van der Waals surface area (Å²) in [4.78, 5) is 57.2. The molecular weight excluding hydrogens is 332 g/mol. The van der Waals surface area contributed by atoms with Crippen LogP contribution >= 0.6 is 0 Å². The fourth-order valence-electron chi connectivity index (χ4n) is 1.90. The van der Waals surface area contributed by atoms with E-state index in [4.69, 9.17) is 14.4 Å². The van der Waals surface area contributed by atoms with Crippen molar-refractivity contribution in [2.24, 2.45) is 0 Å². The molecule has 1 heterocycles. The highest BCUT2D eigenvalue weighted by molar-refractivity contribution is 6.20. The third-order valence-electron chi connectivity index (χ3n) is 2.99. The van der Waals surface area contributed by atoms with Crippen molar-refractivity contribution in [2.45, 2.75) is 39.4 Å². The number of amides is 3. The van der Waals surface area contributed by atoms with Crippen molar-refractivity contribution in [1.29, 1.82) is 0 Å². The Hall–Kier alpha value is -2.94. The molecule has 0 saturated carbocycles. The molecule has 9 nitrogen and oxygen atoms in total. The van der Waals surface area contributed by atoms with Crippen molar-refractivity contribution < 1.29 is 33.6 Å². The lowest BCUT2D eigenvalue weighted by Gasteiger charge is -2.20. The number of carbonyl (C=O) groups excluding carboxylic acids is 4. The van der Waals surface area contributed by atoms with Gasteiger partial charge in [0.25, 0.3) is 11.8 Å². The van der Waals surface area contributed by atoms with Gasteiger partial charge in [-0.2, -0.15) is 5.48 Å². The highest BCUT2D eigenvalue weighted by atomic mass is 16.8. The molecule has 2 rings (SSSR count). The average molecular weight is 350 g/mol. The van der Waals surface area contributed by atoms with E-state index in [2.05, 4.69) is 0 Å². The van der Waals surface area contributed by atoms with Crippen molar-refractivity contribution >= 4 is 23.9 Å². The Morgan fingerprint density at radius 2 is 1.60 bits per heavy atom. The predicted octanol–water partition coefficient (Wildman–Crippen LogP) is 1.59. The lowest BCUT2D eigenvalue weighted by atomic mass is 10.1. The summed E-state index contributed by atoms with van der Waals surface area (Å²) in [5, 5.41) is 0.361. The highest BCUT2D eigenvalue weighted by Gasteiger charge is 2.39. The maximum absolute atomic E-state index is 12.1. The maximum atomic E-state index is 12.1. The number of nitrogens with one attached hydrogen (secondary N) is 1. The van der Waals surface area contributed by atoms with Crippen molar-refractivity contribution in [3.8, 4) is 0 Å². The number of ether oxygens (including phenoxy) is 1. The van der Waals surface area contributed by atoms with Gasteiger partial charge in [-0.05, 0) is 39.8 Å². The van der Waals surface area contributed by atoms with Gasteiger partial charge in [0.05, 0.1) is 11.1 Å². The number of hydroxylamine groups is 3. The van der Waals surface area contributed by atoms with Crippen LogP contribution in [0.5, 0.6) is 0 Å². The fourth-order valence-corrected chi connectivity index (χ4v) is 1.90. The molecule has 1 N–H and O–H groups in total. The second-order valence-corrected chi connectivity index (χ2v) is 6.22. The molecule has 0 aliphatic carbocycles. The summed E-state index contributed by atoms with van der Waals surface area (Å²) >= 11 is 0. The Labute approximate surface area is 143 Å². The minimum atomic E-state index is -1.28. The van der Waals surface area contributed by atoms with Gasteiger partial charge in [-0.15, -0.1) is 0 Å². The zero-order chi connectivity index (χ0) is 18.8. The zero-order valence-electron chi connectivity index (χ0n) is 14.2. The van der Waals surface area contributed by atoms with E-state index in [1.807, 2.05) is 5.48 Å². The summed E-state index contributed by atoms with van der Waals surface area (Å²) < 4.78 is 4.93. The first-order valence-corrected chi connectivity index (χ1v) is 7.44. The molecule has 1 aromatic rings. The number of carbonyl (C=O) groups is 4. The zero-order valence-corrected chi connectivity index (χ0v) is 14.2. The minimum Gasteiger partial charge on any atom is -0.442 e. The molecule has 3 amide bonds. The number of imide groups is 1. The Balaban J connectivity index is 1.91. The summed E-state index contributed by atoms with van der Waals surface area (Å²) in [5.74, 6) is -2.53. The molecule has 0 radical (unpaired) electrons. The first-order chi connectivity index (χ1) is 11.6. The minimum absolute atomic E-state index is 0.140. The molecule has 25 heavy (non-hydrogen) atoms. The van der Waals surface area contributed by atoms with E-state index in [-0.39, 0.29) is 11.1 Å². The van der Waals surface area contributed by atoms with Crippen LogP contribution in [-0.2, 0) is 19.2 Å². The first-order valence-electron chi connectivity index (χ1n) is 7.44. The molecule has 1 unspecified atom stereocenters. The van der Waals surface area contributed by atoms with E-state index in [9.17, 15) is 19.2 Å². The van der Waals surface area contributed by atoms with Crippen LogP contribution in [-0.4, -0.2) is 40.6 Å². The standard InChI is InChI=1S/C16H18N2O7/c1-9(24-17-15(22)23-16(2,3)4)14(21)25-18-12(19)10-7-5-6-8-11(10)13(18)20/h5-9H,1-4H3,(H,17,22). The van der Waals surface area contributed by atoms with Gasteiger partial charge in [0.2, 0.25) is 0 Å². The molecule has 0 saturated heterocycles. The maximum Gasteiger partial charge on any atom is 0.431 e. The van der Waals surface area contributed by atoms with Crippen LogP contribution in [0.2, 0.25) is 0 Å². The summed E-state index contributed by atoms with van der Waals surface area (Å²) in [7, 11) is 0. The van der Waals surface area contributed by atoms with E-state index in [0.29, 0.717) is 5.06 Å². The van der Waals surface area contributed by atoms with Gasteiger partial charge < -0.3 is 9.57 Å². The fraction of sp³-hybridized carbons (Fsp3) is 0.375. The predicted molar refractivity (Wildman–Crippen MR) is 83.0 cm³/mol. The van der Waals surface area contributed by atoms with Gasteiger partial charge in [-0.1, -0.05) is 17.2 Å². The van der Waals surface area contributed by atoms with Crippen molar-refractivity contribution in [3.05, 3.63) is 35.4 Å². The molecule has 9 heteroatoms. The smallest absolute Gasteiger partial charge is 0.431 e. The molecule has 1 aromatic carbocycles. The number of hydrogen-bond acceptors (Lipinski definition) is 7. The van der Waals surface area contributed by atoms with Gasteiger partial charge in [-0.3, -0.25) is 14.4 Å². The van der Waals surface area contributed by atoms with Crippen LogP contribution in [0, 0.1) is 0 Å². The molecule has 1 aliphatic rings. The monoisotopic (exact) mass is 350 g/mol. The average Bonchev–Trinajstić information content (AvgIpc) is 2.76. The summed E-state index contributed by atoms with van der Waals surface area (Å²) in [6.07, 6.45) is -2.18. The first kappa shape index (κ1) is 18.4. The van der Waals surface area contributed by atoms with Gasteiger partial charge in [-0.25, -0.2) is 9.59 Å². The normalized spacial score (nSPS) is 14.8. The lowest BCUT2D eigenvalue weighted by Crippen LogP contribution is -2.40. The molecule has 134 valence electrons. The second kappa shape index (κ2) is 6.89. The Morgan fingerprint density at radius 1 is 1.08 bits per heavy atom. The van der Waals surface area contributed by atoms with Gasteiger partial charge in [0.1, 0.15) is 5.60 Å². The van der Waals surface area contributed by atoms with Gasteiger partial charge in [0, 0.05) is 0 Å². The SMILES string of the molecule is CC(ONC(=O)OC(C)(C)C)C(=O)ON1C(=O)c2ccccc2C1=O. The number of fused-ring (bicyclic) bond motifs is 1. The van der Waals surface area contributed by atoms with E-state index >= 15 is 0 Å². The summed E-state index contributed by atoms with van der Waals surface area (Å²) in [5.41, 5.74) is 1.47. The number of rotatable bonds is 4. The number of nitrogens with zero attached hydrogens (tertiary/aromatic N) is 1. The Morgan fingerprint density at radius 3 is 2.08 bits per heavy atom. The van der Waals surface area contributed by atoms with E-state index in [0.717, 1.165) is 0 Å². The quantitative estimate of drug-likeness (QED) is 0.648. The highest BCUT2D eigenvalue weighted by Crippen LogP contribution is 2.22. The molecule has 1 aliphatic heterocycles. The van der Waals surface area contributed by atoms with Crippen LogP contribution in [0.1, 0.15) is 48.4 Å². The molecular formula is C16H18N2O7. The van der Waals surface area contributed by atoms with E-state index in [1.165, 1.54) is 19.1 Å². The topological polar surface area (TPSA) is 111 Å². The van der Waals surface area contributed by atoms with E-state index in [1.54, 1.807) is 32.9 Å². The third-order valence-corrected chi connectivity index (χ3v) is 2.99. The van der Waals surface area contributed by atoms with Gasteiger partial charge in [0.15, 0.2) is 6.10 Å². The summed E-state index contributed by atoms with van der Waals surface area (Å²) in [6.45, 7) is 6.25. The Kier molecular flexibility index (Phi) is 5.07. The molecule has 0 spiro atoms. The largest absolute Gasteiger partial charge is 0.442 e. The van der Waals surface area contributed by atoms with Crippen LogP contribution < -0.4 is 5.48 Å². The van der Waals surface area contributed by atoms with Crippen LogP contribution in [0.25, 0.3) is 0 Å². The molecule has 0 bridgehead atoms. The number of benzene rings is 1. The lowest BCUT2D eigenvalue weighted by molar-refractivity contribution is -0.184.